The molecular formula is C13H21NO3S. The summed E-state index contributed by atoms with van der Waals surface area (Å²) in [5, 5.41) is 12.4. The summed E-state index contributed by atoms with van der Waals surface area (Å²) in [7, 11) is 1.40. The Morgan fingerprint density at radius 2 is 2.11 bits per heavy atom. The van der Waals surface area contributed by atoms with Crippen LogP contribution in [0.25, 0.3) is 0 Å². The number of hydrogen-bond donors (Lipinski definition) is 2. The highest BCUT2D eigenvalue weighted by Crippen LogP contribution is 2.18. The summed E-state index contributed by atoms with van der Waals surface area (Å²) in [6.45, 7) is 5.70. The monoisotopic (exact) mass is 271 g/mol. The van der Waals surface area contributed by atoms with E-state index in [4.69, 9.17) is 5.11 Å². The van der Waals surface area contributed by atoms with Crippen molar-refractivity contribution >= 4 is 17.3 Å². The molecule has 0 saturated heterocycles. The Hall–Kier alpha value is -0.910. The van der Waals surface area contributed by atoms with Gasteiger partial charge in [-0.2, -0.15) is 0 Å². The van der Waals surface area contributed by atoms with Crippen LogP contribution in [0.3, 0.4) is 0 Å². The summed E-state index contributed by atoms with van der Waals surface area (Å²) < 4.78 is 4.63. The second kappa shape index (κ2) is 6.87. The largest absolute Gasteiger partial charge is 0.469 e. The number of ether oxygens (including phenoxy) is 1. The molecule has 0 amide bonds. The lowest BCUT2D eigenvalue weighted by Gasteiger charge is -2.21. The van der Waals surface area contributed by atoms with E-state index in [2.05, 4.69) is 10.1 Å². The maximum Gasteiger partial charge on any atom is 0.310 e. The molecular weight excluding hydrogens is 250 g/mol. The van der Waals surface area contributed by atoms with Crippen LogP contribution in [0.4, 0.5) is 0 Å². The van der Waals surface area contributed by atoms with Crippen LogP contribution in [-0.2, 0) is 22.5 Å². The highest BCUT2D eigenvalue weighted by atomic mass is 32.1. The van der Waals surface area contributed by atoms with Crippen molar-refractivity contribution in [3.8, 4) is 0 Å². The molecule has 1 aromatic heterocycles. The summed E-state index contributed by atoms with van der Waals surface area (Å²) in [6, 6.07) is 3.97. The van der Waals surface area contributed by atoms with E-state index >= 15 is 0 Å². The molecule has 0 aliphatic rings. The van der Waals surface area contributed by atoms with Gasteiger partial charge in [0.25, 0.3) is 0 Å². The average molecular weight is 271 g/mol. The number of carbonyl (C=O) groups is 1. The first-order valence-corrected chi connectivity index (χ1v) is 6.74. The van der Waals surface area contributed by atoms with Crippen LogP contribution in [0.1, 0.15) is 23.6 Å². The van der Waals surface area contributed by atoms with Gasteiger partial charge < -0.3 is 15.2 Å². The Labute approximate surface area is 112 Å². The zero-order valence-corrected chi connectivity index (χ0v) is 12.0. The van der Waals surface area contributed by atoms with Crippen molar-refractivity contribution in [1.82, 2.24) is 5.32 Å². The van der Waals surface area contributed by atoms with Gasteiger partial charge in [0.2, 0.25) is 0 Å². The Bertz CT molecular complexity index is 387. The van der Waals surface area contributed by atoms with E-state index in [1.54, 1.807) is 11.3 Å². The van der Waals surface area contributed by atoms with Crippen molar-refractivity contribution in [2.45, 2.75) is 26.8 Å². The van der Waals surface area contributed by atoms with E-state index in [1.807, 2.05) is 26.0 Å². The summed E-state index contributed by atoms with van der Waals surface area (Å²) in [5.74, 6) is -0.210. The molecule has 1 rings (SSSR count). The third kappa shape index (κ3) is 5.16. The van der Waals surface area contributed by atoms with Crippen molar-refractivity contribution in [3.63, 3.8) is 0 Å². The molecule has 0 bridgehead atoms. The van der Waals surface area contributed by atoms with Gasteiger partial charge in [-0.3, -0.25) is 4.79 Å². The van der Waals surface area contributed by atoms with E-state index in [0.29, 0.717) is 6.42 Å². The molecule has 0 atom stereocenters. The molecule has 0 aliphatic carbocycles. The number of methoxy groups -OCH3 is 1. The van der Waals surface area contributed by atoms with Gasteiger partial charge in [-0.25, -0.2) is 0 Å². The summed E-state index contributed by atoms with van der Waals surface area (Å²) in [5.41, 5.74) is -0.105. The average Bonchev–Trinajstić information content (AvgIpc) is 2.76. The minimum atomic E-state index is -0.210. The number of hydrogen-bond acceptors (Lipinski definition) is 5. The molecule has 0 radical (unpaired) electrons. The van der Waals surface area contributed by atoms with E-state index < -0.39 is 0 Å². The van der Waals surface area contributed by atoms with Gasteiger partial charge in [-0.1, -0.05) is 13.8 Å². The molecule has 5 heteroatoms. The van der Waals surface area contributed by atoms with Gasteiger partial charge in [0.15, 0.2) is 0 Å². The molecule has 1 heterocycles. The van der Waals surface area contributed by atoms with Gasteiger partial charge >= 0.3 is 5.97 Å². The molecule has 4 nitrogen and oxygen atoms in total. The van der Waals surface area contributed by atoms with E-state index in [1.165, 1.54) is 12.0 Å². The third-order valence-electron chi connectivity index (χ3n) is 2.59. The SMILES string of the molecule is COC(=O)Cc1ccc(CNCC(C)(C)CO)s1. The summed E-state index contributed by atoms with van der Waals surface area (Å²) in [4.78, 5) is 13.3. The predicted molar refractivity (Wildman–Crippen MR) is 72.6 cm³/mol. The molecule has 18 heavy (non-hydrogen) atoms. The maximum atomic E-state index is 11.1. The van der Waals surface area contributed by atoms with Crippen LogP contribution in [0.5, 0.6) is 0 Å². The lowest BCUT2D eigenvalue weighted by molar-refractivity contribution is -0.139. The fourth-order valence-electron chi connectivity index (χ4n) is 1.41. The Morgan fingerprint density at radius 3 is 2.72 bits per heavy atom. The van der Waals surface area contributed by atoms with Crippen LogP contribution in [0.15, 0.2) is 12.1 Å². The van der Waals surface area contributed by atoms with Crippen LogP contribution in [0.2, 0.25) is 0 Å². The van der Waals surface area contributed by atoms with Crippen molar-refractivity contribution in [1.29, 1.82) is 0 Å². The van der Waals surface area contributed by atoms with Gasteiger partial charge in [0.05, 0.1) is 13.5 Å². The Morgan fingerprint density at radius 1 is 1.44 bits per heavy atom. The van der Waals surface area contributed by atoms with Gasteiger partial charge in [0.1, 0.15) is 0 Å². The molecule has 102 valence electrons. The Kier molecular flexibility index (Phi) is 5.78. The first kappa shape index (κ1) is 15.1. The summed E-state index contributed by atoms with van der Waals surface area (Å²) in [6.07, 6.45) is 0.337. The van der Waals surface area contributed by atoms with Crippen molar-refractivity contribution in [2.24, 2.45) is 5.41 Å². The first-order valence-electron chi connectivity index (χ1n) is 5.93. The van der Waals surface area contributed by atoms with Gasteiger partial charge in [-0.15, -0.1) is 11.3 Å². The first-order chi connectivity index (χ1) is 8.46. The zero-order chi connectivity index (χ0) is 13.6. The molecule has 0 spiro atoms. The van der Waals surface area contributed by atoms with Crippen molar-refractivity contribution < 1.29 is 14.6 Å². The number of aliphatic hydroxyl groups excluding tert-OH is 1. The van der Waals surface area contributed by atoms with Crippen LogP contribution in [-0.4, -0.2) is 31.3 Å². The van der Waals surface area contributed by atoms with Crippen LogP contribution < -0.4 is 5.32 Å². The molecule has 0 aromatic carbocycles. The number of carbonyl (C=O) groups excluding carboxylic acids is 1. The minimum absolute atomic E-state index is 0.105. The molecule has 0 saturated carbocycles. The number of esters is 1. The maximum absolute atomic E-state index is 11.1. The van der Waals surface area contributed by atoms with Crippen molar-refractivity contribution in [2.75, 3.05) is 20.3 Å². The molecule has 0 unspecified atom stereocenters. The van der Waals surface area contributed by atoms with Gasteiger partial charge in [-0.05, 0) is 12.1 Å². The fraction of sp³-hybridized carbons (Fsp3) is 0.615. The second-order valence-electron chi connectivity index (χ2n) is 5.05. The van der Waals surface area contributed by atoms with Crippen LogP contribution in [0, 0.1) is 5.41 Å². The molecule has 1 aromatic rings. The number of rotatable bonds is 7. The smallest absolute Gasteiger partial charge is 0.310 e. The van der Waals surface area contributed by atoms with Crippen molar-refractivity contribution in [3.05, 3.63) is 21.9 Å². The topological polar surface area (TPSA) is 58.6 Å². The standard InChI is InChI=1S/C13H21NO3S/c1-13(2,9-15)8-14-7-11-5-4-10(18-11)6-12(16)17-3/h4-5,14-15H,6-9H2,1-3H3. The Balaban J connectivity index is 2.38. The predicted octanol–water partition coefficient (Wildman–Crippen LogP) is 1.57. The number of nitrogens with one attached hydrogen (secondary N) is 1. The van der Waals surface area contributed by atoms with E-state index in [9.17, 15) is 4.79 Å². The normalized spacial score (nSPS) is 11.6. The quantitative estimate of drug-likeness (QED) is 0.739. The molecule has 2 N–H and O–H groups in total. The fourth-order valence-corrected chi connectivity index (χ4v) is 2.38. The molecule has 0 aliphatic heterocycles. The summed E-state index contributed by atoms with van der Waals surface area (Å²) >= 11 is 1.61. The lowest BCUT2D eigenvalue weighted by Crippen LogP contribution is -2.31. The zero-order valence-electron chi connectivity index (χ0n) is 11.2. The highest BCUT2D eigenvalue weighted by molar-refractivity contribution is 7.12. The van der Waals surface area contributed by atoms with E-state index in [0.717, 1.165) is 18.0 Å². The third-order valence-corrected chi connectivity index (χ3v) is 3.68. The lowest BCUT2D eigenvalue weighted by atomic mass is 9.95. The minimum Gasteiger partial charge on any atom is -0.469 e. The van der Waals surface area contributed by atoms with Crippen LogP contribution >= 0.6 is 11.3 Å². The highest BCUT2D eigenvalue weighted by Gasteiger charge is 2.15. The van der Waals surface area contributed by atoms with Gasteiger partial charge in [0, 0.05) is 34.9 Å². The van der Waals surface area contributed by atoms with E-state index in [-0.39, 0.29) is 18.0 Å². The number of aliphatic hydroxyl groups is 1. The number of thiophene rings is 1. The second-order valence-corrected chi connectivity index (χ2v) is 6.30. The molecule has 0 fully saturated rings.